The maximum Gasteiger partial charge on any atom is 0.254 e. The molecule has 1 aliphatic heterocycles. The van der Waals surface area contributed by atoms with Crippen LogP contribution in [0.1, 0.15) is 29.6 Å². The number of alkyl halides is 1. The number of hydrogen-bond acceptors (Lipinski definition) is 4. The van der Waals surface area contributed by atoms with E-state index in [2.05, 4.69) is 10.6 Å². The Balaban J connectivity index is 1.39. The van der Waals surface area contributed by atoms with E-state index in [0.717, 1.165) is 0 Å². The number of halogens is 2. The third-order valence-corrected chi connectivity index (χ3v) is 4.53. The van der Waals surface area contributed by atoms with Crippen molar-refractivity contribution >= 4 is 5.91 Å². The molecule has 132 valence electrons. The Morgan fingerprint density at radius 3 is 2.71 bits per heavy atom. The third-order valence-electron chi connectivity index (χ3n) is 4.53. The van der Waals surface area contributed by atoms with Crippen molar-refractivity contribution in [2.24, 2.45) is 0 Å². The van der Waals surface area contributed by atoms with Gasteiger partial charge in [0.2, 0.25) is 0 Å². The molecule has 1 aliphatic carbocycles. The summed E-state index contributed by atoms with van der Waals surface area (Å²) in [4.78, 5) is 11.9. The first-order valence-corrected chi connectivity index (χ1v) is 8.28. The molecule has 1 aromatic carbocycles. The maximum atomic E-state index is 14.3. The molecule has 0 aromatic heterocycles. The molecule has 2 aliphatic rings. The van der Waals surface area contributed by atoms with Crippen molar-refractivity contribution in [2.45, 2.75) is 37.3 Å². The van der Waals surface area contributed by atoms with Crippen molar-refractivity contribution in [3.63, 3.8) is 0 Å². The van der Waals surface area contributed by atoms with Gasteiger partial charge in [-0.3, -0.25) is 4.79 Å². The monoisotopic (exact) mass is 340 g/mol. The Morgan fingerprint density at radius 1 is 1.25 bits per heavy atom. The summed E-state index contributed by atoms with van der Waals surface area (Å²) in [6.07, 6.45) is 0.445. The fourth-order valence-corrected chi connectivity index (χ4v) is 3.26. The molecular weight excluding hydrogens is 318 g/mol. The summed E-state index contributed by atoms with van der Waals surface area (Å²) in [6, 6.07) is 5.52. The number of benzene rings is 1. The molecule has 1 spiro atoms. The summed E-state index contributed by atoms with van der Waals surface area (Å²) in [5.41, 5.74) is 0.0102. The number of hydrogen-bond donors (Lipinski definition) is 2. The zero-order valence-electron chi connectivity index (χ0n) is 13.4. The van der Waals surface area contributed by atoms with Crippen molar-refractivity contribution in [1.82, 2.24) is 10.6 Å². The first kappa shape index (κ1) is 17.3. The Labute approximate surface area is 139 Å². The van der Waals surface area contributed by atoms with Gasteiger partial charge >= 0.3 is 0 Å². The zero-order chi connectivity index (χ0) is 17.0. The van der Waals surface area contributed by atoms with Gasteiger partial charge in [0.05, 0.1) is 18.8 Å². The lowest BCUT2D eigenvalue weighted by molar-refractivity contribution is -0.192. The van der Waals surface area contributed by atoms with E-state index >= 15 is 0 Å². The van der Waals surface area contributed by atoms with Crippen LogP contribution in [0.5, 0.6) is 0 Å². The quantitative estimate of drug-likeness (QED) is 0.802. The lowest BCUT2D eigenvalue weighted by atomic mass is 9.88. The molecule has 1 saturated heterocycles. The SMILES string of the molecule is O=C(NCCNC1CCC2(CC1F)OCCO2)c1ccccc1F. The van der Waals surface area contributed by atoms with Gasteiger partial charge in [-0.05, 0) is 18.6 Å². The Hall–Kier alpha value is -1.57. The van der Waals surface area contributed by atoms with Gasteiger partial charge in [-0.1, -0.05) is 12.1 Å². The van der Waals surface area contributed by atoms with Crippen molar-refractivity contribution in [2.75, 3.05) is 26.3 Å². The molecule has 7 heteroatoms. The van der Waals surface area contributed by atoms with Crippen LogP contribution in [-0.2, 0) is 9.47 Å². The summed E-state index contributed by atoms with van der Waals surface area (Å²) >= 11 is 0. The molecule has 3 rings (SSSR count). The second kappa shape index (κ2) is 7.55. The molecule has 24 heavy (non-hydrogen) atoms. The second-order valence-electron chi connectivity index (χ2n) is 6.16. The summed E-state index contributed by atoms with van der Waals surface area (Å²) in [5, 5.41) is 5.73. The lowest BCUT2D eigenvalue weighted by Gasteiger charge is -2.38. The minimum absolute atomic E-state index is 0.0102. The molecule has 1 heterocycles. The van der Waals surface area contributed by atoms with Crippen LogP contribution in [0.2, 0.25) is 0 Å². The predicted octanol–water partition coefficient (Wildman–Crippen LogP) is 1.78. The highest BCUT2D eigenvalue weighted by Gasteiger charge is 2.45. The molecule has 0 bridgehead atoms. The van der Waals surface area contributed by atoms with Crippen molar-refractivity contribution in [1.29, 1.82) is 0 Å². The van der Waals surface area contributed by atoms with Crippen LogP contribution >= 0.6 is 0 Å². The van der Waals surface area contributed by atoms with Crippen LogP contribution < -0.4 is 10.6 Å². The minimum atomic E-state index is -1.06. The summed E-state index contributed by atoms with van der Waals surface area (Å²) in [6.45, 7) is 1.76. The van der Waals surface area contributed by atoms with Crippen LogP contribution in [0.15, 0.2) is 24.3 Å². The number of nitrogens with one attached hydrogen (secondary N) is 2. The highest BCUT2D eigenvalue weighted by atomic mass is 19.1. The number of amides is 1. The van der Waals surface area contributed by atoms with Gasteiger partial charge < -0.3 is 20.1 Å². The van der Waals surface area contributed by atoms with E-state index in [-0.39, 0.29) is 18.0 Å². The largest absolute Gasteiger partial charge is 0.351 e. The van der Waals surface area contributed by atoms with Crippen molar-refractivity contribution in [3.05, 3.63) is 35.6 Å². The van der Waals surface area contributed by atoms with E-state index in [1.54, 1.807) is 6.07 Å². The molecule has 5 nitrogen and oxygen atoms in total. The summed E-state index contributed by atoms with van der Waals surface area (Å²) in [7, 11) is 0. The van der Waals surface area contributed by atoms with E-state index in [4.69, 9.17) is 9.47 Å². The number of carbonyl (C=O) groups excluding carboxylic acids is 1. The second-order valence-corrected chi connectivity index (χ2v) is 6.16. The molecule has 0 radical (unpaired) electrons. The van der Waals surface area contributed by atoms with E-state index in [1.165, 1.54) is 18.2 Å². The van der Waals surface area contributed by atoms with Crippen LogP contribution in [-0.4, -0.2) is 50.2 Å². The average molecular weight is 340 g/mol. The molecule has 2 N–H and O–H groups in total. The number of rotatable bonds is 5. The smallest absolute Gasteiger partial charge is 0.254 e. The van der Waals surface area contributed by atoms with Gasteiger partial charge in [0.15, 0.2) is 5.79 Å². The average Bonchev–Trinajstić information content (AvgIpc) is 3.01. The Morgan fingerprint density at radius 2 is 2.00 bits per heavy atom. The highest BCUT2D eigenvalue weighted by Crippen LogP contribution is 2.37. The van der Waals surface area contributed by atoms with E-state index in [9.17, 15) is 13.6 Å². The number of ether oxygens (including phenoxy) is 2. The highest BCUT2D eigenvalue weighted by molar-refractivity contribution is 5.94. The molecule has 1 saturated carbocycles. The molecule has 2 unspecified atom stereocenters. The van der Waals surface area contributed by atoms with Crippen molar-refractivity contribution in [3.8, 4) is 0 Å². The van der Waals surface area contributed by atoms with Crippen molar-refractivity contribution < 1.29 is 23.0 Å². The maximum absolute atomic E-state index is 14.3. The normalized spacial score (nSPS) is 25.8. The molecule has 1 amide bonds. The molecule has 2 fully saturated rings. The van der Waals surface area contributed by atoms with Crippen LogP contribution in [0, 0.1) is 5.82 Å². The van der Waals surface area contributed by atoms with Gasteiger partial charge in [0.1, 0.15) is 12.0 Å². The molecule has 2 atom stereocenters. The van der Waals surface area contributed by atoms with E-state index in [1.807, 2.05) is 0 Å². The van der Waals surface area contributed by atoms with Gasteiger partial charge in [0, 0.05) is 32.0 Å². The standard InChI is InChI=1S/C17H22F2N2O3/c18-13-4-2-1-3-12(13)16(22)21-8-7-20-15-5-6-17(11-14(15)19)23-9-10-24-17/h1-4,14-15,20H,5-11H2,(H,21,22). The fourth-order valence-electron chi connectivity index (χ4n) is 3.26. The Kier molecular flexibility index (Phi) is 5.43. The first-order chi connectivity index (χ1) is 11.6. The van der Waals surface area contributed by atoms with Gasteiger partial charge in [-0.25, -0.2) is 8.78 Å². The molecular formula is C17H22F2N2O3. The minimum Gasteiger partial charge on any atom is -0.351 e. The van der Waals surface area contributed by atoms with Gasteiger partial charge in [0.25, 0.3) is 5.91 Å². The van der Waals surface area contributed by atoms with Gasteiger partial charge in [-0.15, -0.1) is 0 Å². The lowest BCUT2D eigenvalue weighted by Crippen LogP contribution is -2.50. The predicted molar refractivity (Wildman–Crippen MR) is 83.9 cm³/mol. The summed E-state index contributed by atoms with van der Waals surface area (Å²) < 4.78 is 38.8. The third kappa shape index (κ3) is 3.91. The zero-order valence-corrected chi connectivity index (χ0v) is 13.4. The van der Waals surface area contributed by atoms with E-state index < -0.39 is 23.7 Å². The topological polar surface area (TPSA) is 59.6 Å². The number of carbonyl (C=O) groups is 1. The van der Waals surface area contributed by atoms with Crippen LogP contribution in [0.25, 0.3) is 0 Å². The van der Waals surface area contributed by atoms with Crippen LogP contribution in [0.4, 0.5) is 8.78 Å². The van der Waals surface area contributed by atoms with Gasteiger partial charge in [-0.2, -0.15) is 0 Å². The van der Waals surface area contributed by atoms with E-state index in [0.29, 0.717) is 39.1 Å². The van der Waals surface area contributed by atoms with Crippen LogP contribution in [0.3, 0.4) is 0 Å². The molecule has 1 aromatic rings. The fraction of sp³-hybridized carbons (Fsp3) is 0.588. The summed E-state index contributed by atoms with van der Waals surface area (Å²) in [5.74, 6) is -1.76. The Bertz CT molecular complexity index is 579. The first-order valence-electron chi connectivity index (χ1n) is 8.28.